The van der Waals surface area contributed by atoms with Gasteiger partial charge < -0.3 is 15.5 Å². The second kappa shape index (κ2) is 11.5. The second-order valence-corrected chi connectivity index (χ2v) is 11.1. The number of hydrogen-bond donors (Lipinski definition) is 2. The first-order chi connectivity index (χ1) is 16.8. The average molecular weight is 551 g/mol. The fraction of sp³-hybridized carbons (Fsp3) is 0.346. The van der Waals surface area contributed by atoms with Gasteiger partial charge in [0, 0.05) is 23.0 Å². The molecule has 0 atom stereocenters. The van der Waals surface area contributed by atoms with Crippen LogP contribution < -0.4 is 10.6 Å². The van der Waals surface area contributed by atoms with E-state index in [1.807, 2.05) is 52.8 Å². The Labute approximate surface area is 226 Å². The number of anilines is 2. The Bertz CT molecular complexity index is 1230. The molecule has 0 aliphatic rings. The van der Waals surface area contributed by atoms with Crippen LogP contribution >= 0.6 is 34.8 Å². The summed E-state index contributed by atoms with van der Waals surface area (Å²) in [6.45, 7) is 10.3. The van der Waals surface area contributed by atoms with Gasteiger partial charge in [-0.15, -0.1) is 0 Å². The lowest BCUT2D eigenvalue weighted by atomic mass is 9.92. The van der Waals surface area contributed by atoms with Gasteiger partial charge in [0.2, 0.25) is 5.91 Å². The molecule has 0 spiro atoms. The van der Waals surface area contributed by atoms with Crippen molar-refractivity contribution in [3.8, 4) is 5.69 Å². The molecular formula is C26H30Cl3N5O2. The van der Waals surface area contributed by atoms with Gasteiger partial charge in [-0.05, 0) is 42.3 Å². The van der Waals surface area contributed by atoms with Crippen LogP contribution in [0.25, 0.3) is 5.69 Å². The number of carbonyl (C=O) groups is 2. The highest BCUT2D eigenvalue weighted by Gasteiger charge is 2.24. The van der Waals surface area contributed by atoms with E-state index in [2.05, 4.69) is 10.6 Å². The smallest absolute Gasteiger partial charge is 0.315 e. The number of hydrogen-bond acceptors (Lipinski definition) is 3. The Morgan fingerprint density at radius 3 is 2.31 bits per heavy atom. The summed E-state index contributed by atoms with van der Waals surface area (Å²) in [6, 6.07) is 13.5. The molecule has 36 heavy (non-hydrogen) atoms. The molecule has 2 N–H and O–H groups in total. The number of aromatic nitrogens is 2. The van der Waals surface area contributed by atoms with E-state index in [0.717, 1.165) is 11.4 Å². The van der Waals surface area contributed by atoms with E-state index >= 15 is 0 Å². The first-order valence-electron chi connectivity index (χ1n) is 11.5. The van der Waals surface area contributed by atoms with Gasteiger partial charge in [0.1, 0.15) is 12.4 Å². The average Bonchev–Trinajstić information content (AvgIpc) is 3.21. The third-order valence-electron chi connectivity index (χ3n) is 5.22. The van der Waals surface area contributed by atoms with E-state index in [4.69, 9.17) is 39.9 Å². The van der Waals surface area contributed by atoms with Crippen LogP contribution in [-0.4, -0.2) is 39.7 Å². The molecule has 3 aromatic rings. The summed E-state index contributed by atoms with van der Waals surface area (Å²) < 4.78 is 1.66. The van der Waals surface area contributed by atoms with Crippen LogP contribution in [0.4, 0.5) is 16.3 Å². The van der Waals surface area contributed by atoms with Crippen LogP contribution in [0.15, 0.2) is 48.5 Å². The Hall–Kier alpha value is -2.74. The van der Waals surface area contributed by atoms with Gasteiger partial charge in [0.25, 0.3) is 0 Å². The molecule has 0 fully saturated rings. The van der Waals surface area contributed by atoms with E-state index < -0.39 is 6.03 Å². The topological polar surface area (TPSA) is 79.3 Å². The maximum Gasteiger partial charge on any atom is 0.322 e. The van der Waals surface area contributed by atoms with Crippen LogP contribution in [0.5, 0.6) is 0 Å². The summed E-state index contributed by atoms with van der Waals surface area (Å²) in [6.07, 6.45) is 0. The minimum atomic E-state index is -0.454. The minimum absolute atomic E-state index is 0.130. The molecule has 3 amide bonds. The molecule has 0 saturated heterocycles. The Balaban J connectivity index is 1.83. The summed E-state index contributed by atoms with van der Waals surface area (Å²) in [5, 5.41) is 11.5. The first kappa shape index (κ1) is 27.8. The number of carbonyl (C=O) groups excluding carboxylic acids is 2. The van der Waals surface area contributed by atoms with Crippen LogP contribution in [0.2, 0.25) is 15.1 Å². The minimum Gasteiger partial charge on any atom is -0.315 e. The molecule has 0 saturated carbocycles. The molecule has 2 aromatic carbocycles. The van der Waals surface area contributed by atoms with Crippen molar-refractivity contribution in [3.05, 3.63) is 69.3 Å². The number of benzene rings is 2. The van der Waals surface area contributed by atoms with Crippen LogP contribution in [0.1, 0.15) is 40.3 Å². The second-order valence-electron chi connectivity index (χ2n) is 9.91. The van der Waals surface area contributed by atoms with Crippen molar-refractivity contribution in [1.29, 1.82) is 0 Å². The van der Waals surface area contributed by atoms with Gasteiger partial charge in [-0.2, -0.15) is 5.10 Å². The maximum atomic E-state index is 13.1. The molecule has 10 heteroatoms. The lowest BCUT2D eigenvalue weighted by molar-refractivity contribution is -0.116. The monoisotopic (exact) mass is 549 g/mol. The third-order valence-corrected chi connectivity index (χ3v) is 6.29. The molecular weight excluding hydrogens is 521 g/mol. The Kier molecular flexibility index (Phi) is 8.93. The number of nitrogens with one attached hydrogen (secondary N) is 2. The number of nitrogens with zero attached hydrogens (tertiary/aromatic N) is 3. The van der Waals surface area contributed by atoms with Crippen LogP contribution in [0, 0.1) is 5.92 Å². The number of rotatable bonds is 7. The van der Waals surface area contributed by atoms with Gasteiger partial charge in [0.15, 0.2) is 0 Å². The summed E-state index contributed by atoms with van der Waals surface area (Å²) >= 11 is 18.3. The lowest BCUT2D eigenvalue weighted by Gasteiger charge is -2.24. The van der Waals surface area contributed by atoms with Gasteiger partial charge in [-0.1, -0.05) is 75.5 Å². The largest absolute Gasteiger partial charge is 0.322 e. The molecule has 1 aromatic heterocycles. The van der Waals surface area contributed by atoms with Gasteiger partial charge in [0.05, 0.1) is 27.1 Å². The predicted octanol–water partition coefficient (Wildman–Crippen LogP) is 7.26. The summed E-state index contributed by atoms with van der Waals surface area (Å²) in [5.74, 6) is 0.263. The SMILES string of the molecule is CC(C)CN(CC(=O)Nc1cc(C(C)(C)C)nn1-c1ccc(Cl)cc1)C(=O)Nc1cccc(Cl)c1Cl. The maximum absolute atomic E-state index is 13.1. The number of urea groups is 1. The summed E-state index contributed by atoms with van der Waals surface area (Å²) in [4.78, 5) is 27.6. The van der Waals surface area contributed by atoms with Gasteiger partial charge in [-0.3, -0.25) is 4.79 Å². The molecule has 0 aliphatic carbocycles. The van der Waals surface area contributed by atoms with E-state index in [9.17, 15) is 9.59 Å². The van der Waals surface area contributed by atoms with Crippen molar-refractivity contribution in [3.63, 3.8) is 0 Å². The Morgan fingerprint density at radius 1 is 1.03 bits per heavy atom. The Morgan fingerprint density at radius 2 is 1.69 bits per heavy atom. The van der Waals surface area contributed by atoms with Gasteiger partial charge in [-0.25, -0.2) is 9.48 Å². The van der Waals surface area contributed by atoms with E-state index in [0.29, 0.717) is 28.1 Å². The van der Waals surface area contributed by atoms with Crippen molar-refractivity contribution in [1.82, 2.24) is 14.7 Å². The normalized spacial score (nSPS) is 11.5. The van der Waals surface area contributed by atoms with Crippen molar-refractivity contribution >= 4 is 58.2 Å². The van der Waals surface area contributed by atoms with Crippen LogP contribution in [0.3, 0.4) is 0 Å². The third kappa shape index (κ3) is 7.15. The van der Waals surface area contributed by atoms with E-state index in [-0.39, 0.29) is 28.8 Å². The molecule has 1 heterocycles. The van der Waals surface area contributed by atoms with E-state index in [1.165, 1.54) is 4.90 Å². The number of halogens is 3. The highest BCUT2D eigenvalue weighted by Crippen LogP contribution is 2.30. The molecule has 0 aliphatic heterocycles. The molecule has 0 bridgehead atoms. The fourth-order valence-corrected chi connectivity index (χ4v) is 3.90. The van der Waals surface area contributed by atoms with Crippen molar-refractivity contribution in [2.75, 3.05) is 23.7 Å². The standard InChI is InChI=1S/C26H30Cl3N5O2/c1-16(2)14-33(25(36)30-20-8-6-7-19(28)24(20)29)15-23(35)31-22-13-21(26(3,4)5)32-34(22)18-11-9-17(27)10-12-18/h6-13,16H,14-15H2,1-5H3,(H,30,36)(H,31,35). The van der Waals surface area contributed by atoms with Crippen molar-refractivity contribution < 1.29 is 9.59 Å². The molecule has 7 nitrogen and oxygen atoms in total. The fourth-order valence-electron chi connectivity index (χ4n) is 3.43. The summed E-state index contributed by atoms with van der Waals surface area (Å²) in [5.41, 5.74) is 1.69. The molecule has 0 unspecified atom stereocenters. The van der Waals surface area contributed by atoms with Crippen LogP contribution in [-0.2, 0) is 10.2 Å². The first-order valence-corrected chi connectivity index (χ1v) is 12.6. The number of amides is 3. The zero-order valence-corrected chi connectivity index (χ0v) is 23.2. The van der Waals surface area contributed by atoms with E-state index in [1.54, 1.807) is 35.0 Å². The zero-order chi connectivity index (χ0) is 26.6. The molecule has 0 radical (unpaired) electrons. The molecule has 192 valence electrons. The zero-order valence-electron chi connectivity index (χ0n) is 20.9. The highest BCUT2D eigenvalue weighted by atomic mass is 35.5. The predicted molar refractivity (Wildman–Crippen MR) is 148 cm³/mol. The quantitative estimate of drug-likeness (QED) is 0.325. The summed E-state index contributed by atoms with van der Waals surface area (Å²) in [7, 11) is 0. The van der Waals surface area contributed by atoms with Gasteiger partial charge >= 0.3 is 6.03 Å². The highest BCUT2D eigenvalue weighted by molar-refractivity contribution is 6.44. The lowest BCUT2D eigenvalue weighted by Crippen LogP contribution is -2.42. The molecule has 3 rings (SSSR count). The van der Waals surface area contributed by atoms with Crippen molar-refractivity contribution in [2.45, 2.75) is 40.0 Å². The van der Waals surface area contributed by atoms with Crippen molar-refractivity contribution in [2.24, 2.45) is 5.92 Å².